The number of halogens is 1. The van der Waals surface area contributed by atoms with Crippen molar-refractivity contribution in [2.24, 2.45) is 5.10 Å². The zero-order chi connectivity index (χ0) is 18.5. The molecular formula is C15H8BrN4NaO5S. The van der Waals surface area contributed by atoms with Gasteiger partial charge in [-0.2, -0.15) is 9.78 Å². The second kappa shape index (κ2) is 7.34. The van der Waals surface area contributed by atoms with Crippen LogP contribution in [0.5, 0.6) is 0 Å². The molecule has 1 N–H and O–H groups in total. The fourth-order valence-corrected chi connectivity index (χ4v) is 3.25. The van der Waals surface area contributed by atoms with Crippen LogP contribution in [0.2, 0.25) is 0 Å². The van der Waals surface area contributed by atoms with E-state index < -0.39 is 20.8 Å². The van der Waals surface area contributed by atoms with Crippen LogP contribution in [0.15, 0.2) is 60.5 Å². The summed E-state index contributed by atoms with van der Waals surface area (Å²) in [4.78, 5) is 19.8. The molecule has 0 fully saturated rings. The molecule has 0 saturated heterocycles. The molecule has 0 atom stereocenters. The third-order valence-electron chi connectivity index (χ3n) is 3.61. The molecule has 1 aromatic carbocycles. The topological polar surface area (TPSA) is 133 Å². The average molecular weight is 459 g/mol. The molecule has 0 bridgehead atoms. The zero-order valence-electron chi connectivity index (χ0n) is 13.7. The van der Waals surface area contributed by atoms with Crippen LogP contribution in [0.25, 0.3) is 21.9 Å². The number of benzene rings is 1. The number of nitrogens with one attached hydrogen (secondary N) is 1. The molecule has 0 aliphatic heterocycles. The molecule has 4 aromatic rings. The maximum Gasteiger partial charge on any atom is 1.00 e. The predicted octanol–water partition coefficient (Wildman–Crippen LogP) is -0.976. The summed E-state index contributed by atoms with van der Waals surface area (Å²) in [5.74, 6) is 0.00648. The van der Waals surface area contributed by atoms with Gasteiger partial charge in [-0.3, -0.25) is 4.79 Å². The van der Waals surface area contributed by atoms with Crippen molar-refractivity contribution in [1.29, 1.82) is 0 Å². The molecule has 0 radical (unpaired) electrons. The van der Waals surface area contributed by atoms with Crippen molar-refractivity contribution < 1.29 is 46.9 Å². The van der Waals surface area contributed by atoms with Crippen molar-refractivity contribution >= 4 is 54.2 Å². The minimum absolute atomic E-state index is 0. The number of nitrogens with zero attached hydrogens (tertiary/aromatic N) is 3. The van der Waals surface area contributed by atoms with E-state index in [2.05, 4.69) is 31.0 Å². The number of fused-ring (bicyclic) bond motifs is 3. The van der Waals surface area contributed by atoms with Crippen LogP contribution in [-0.2, 0) is 10.1 Å². The summed E-state index contributed by atoms with van der Waals surface area (Å²) in [5, 5.41) is 3.98. The van der Waals surface area contributed by atoms with E-state index in [1.54, 1.807) is 0 Å². The first-order valence-electron chi connectivity index (χ1n) is 7.11. The Hall–Kier alpha value is -1.76. The van der Waals surface area contributed by atoms with Gasteiger partial charge in [-0.1, -0.05) is 15.9 Å². The second-order valence-electron chi connectivity index (χ2n) is 5.29. The van der Waals surface area contributed by atoms with E-state index in [9.17, 15) is 17.8 Å². The third-order valence-corrected chi connectivity index (χ3v) is 4.81. The van der Waals surface area contributed by atoms with Crippen LogP contribution < -0.4 is 35.1 Å². The van der Waals surface area contributed by atoms with Crippen molar-refractivity contribution in [2.75, 3.05) is 0 Å². The smallest absolute Gasteiger partial charge is 0.742 e. The van der Waals surface area contributed by atoms with E-state index in [0.717, 1.165) is 32.3 Å². The van der Waals surface area contributed by atoms with Gasteiger partial charge in [0.2, 0.25) is 5.09 Å². The summed E-state index contributed by atoms with van der Waals surface area (Å²) in [6.07, 6.45) is 2.35. The first kappa shape index (κ1) is 20.0. The molecular weight excluding hydrogens is 451 g/mol. The number of rotatable bonds is 3. The quantitative estimate of drug-likeness (QED) is 0.238. The summed E-state index contributed by atoms with van der Waals surface area (Å²) in [6, 6.07) is 7.78. The first-order valence-corrected chi connectivity index (χ1v) is 9.32. The van der Waals surface area contributed by atoms with Crippen molar-refractivity contribution in [3.8, 4) is 0 Å². The van der Waals surface area contributed by atoms with Crippen molar-refractivity contribution in [1.82, 2.24) is 14.6 Å². The minimum Gasteiger partial charge on any atom is -0.742 e. The molecule has 9 nitrogen and oxygen atoms in total. The van der Waals surface area contributed by atoms with Gasteiger partial charge in [0, 0.05) is 15.4 Å². The van der Waals surface area contributed by atoms with Crippen LogP contribution in [0.4, 0.5) is 0 Å². The first-order chi connectivity index (χ1) is 12.3. The molecule has 0 saturated carbocycles. The SMILES string of the molecule is O=c1c2[nH]c3ccc(Br)cc3c2ncn1N=Cc1ccc(S(=O)(=O)[O-])o1.[Na+]. The van der Waals surface area contributed by atoms with Crippen LogP contribution in [0, 0.1) is 0 Å². The number of hydrogen-bond donors (Lipinski definition) is 1. The van der Waals surface area contributed by atoms with Gasteiger partial charge < -0.3 is 14.0 Å². The van der Waals surface area contributed by atoms with E-state index in [1.807, 2.05) is 18.2 Å². The van der Waals surface area contributed by atoms with Gasteiger partial charge in [0.15, 0.2) is 10.1 Å². The van der Waals surface area contributed by atoms with Gasteiger partial charge in [-0.05, 0) is 30.3 Å². The fourth-order valence-electron chi connectivity index (χ4n) is 2.46. The Morgan fingerprint density at radius 2 is 2.07 bits per heavy atom. The Kier molecular flexibility index (Phi) is 5.43. The molecule has 12 heteroatoms. The van der Waals surface area contributed by atoms with Crippen LogP contribution in [0.3, 0.4) is 0 Å². The number of aromatic amines is 1. The number of hydrogen-bond acceptors (Lipinski definition) is 7. The second-order valence-corrected chi connectivity index (χ2v) is 7.51. The molecule has 0 amide bonds. The van der Waals surface area contributed by atoms with Crippen molar-refractivity contribution in [3.05, 3.63) is 57.2 Å². The normalized spacial score (nSPS) is 12.1. The van der Waals surface area contributed by atoms with Gasteiger partial charge in [0.1, 0.15) is 23.1 Å². The fraction of sp³-hybridized carbons (Fsp3) is 0. The summed E-state index contributed by atoms with van der Waals surface area (Å²) in [5.41, 5.74) is 1.10. The largest absolute Gasteiger partial charge is 1.00 e. The summed E-state index contributed by atoms with van der Waals surface area (Å²) < 4.78 is 39.3. The maximum absolute atomic E-state index is 12.6. The maximum atomic E-state index is 12.6. The Balaban J connectivity index is 0.00000210. The molecule has 0 unspecified atom stereocenters. The van der Waals surface area contributed by atoms with Crippen molar-refractivity contribution in [2.45, 2.75) is 5.09 Å². The minimum atomic E-state index is -4.69. The van der Waals surface area contributed by atoms with E-state index in [4.69, 9.17) is 4.42 Å². The standard InChI is InChI=1S/C15H9BrN4O5S.Na/c16-8-1-3-11-10(5-8)13-14(19-11)15(21)20(7-17-13)18-6-9-2-4-12(25-9)26(22,23)24;/h1-7,19H,(H,22,23,24);/q;+1/p-1. The number of aromatic nitrogens is 3. The molecule has 132 valence electrons. The summed E-state index contributed by atoms with van der Waals surface area (Å²) in [6.45, 7) is 0. The predicted molar refractivity (Wildman–Crippen MR) is 95.2 cm³/mol. The van der Waals surface area contributed by atoms with Gasteiger partial charge in [-0.15, -0.1) is 0 Å². The van der Waals surface area contributed by atoms with Crippen molar-refractivity contribution in [3.63, 3.8) is 0 Å². The van der Waals surface area contributed by atoms with Gasteiger partial charge in [-0.25, -0.2) is 13.4 Å². The van der Waals surface area contributed by atoms with Crippen LogP contribution in [-0.4, -0.2) is 33.8 Å². The van der Waals surface area contributed by atoms with E-state index in [0.29, 0.717) is 5.52 Å². The van der Waals surface area contributed by atoms with Gasteiger partial charge in [0.25, 0.3) is 5.56 Å². The van der Waals surface area contributed by atoms with Gasteiger partial charge >= 0.3 is 29.6 Å². The van der Waals surface area contributed by atoms with E-state index in [1.165, 1.54) is 12.4 Å². The Labute approximate surface area is 182 Å². The average Bonchev–Trinajstić information content (AvgIpc) is 3.19. The molecule has 0 aliphatic rings. The molecule has 3 heterocycles. The Morgan fingerprint density at radius 1 is 1.30 bits per heavy atom. The van der Waals surface area contributed by atoms with E-state index >= 15 is 0 Å². The number of H-pyrrole nitrogens is 1. The summed E-state index contributed by atoms with van der Waals surface area (Å²) >= 11 is 3.38. The van der Waals surface area contributed by atoms with Crippen LogP contribution in [0.1, 0.15) is 5.76 Å². The third kappa shape index (κ3) is 3.79. The monoisotopic (exact) mass is 458 g/mol. The molecule has 3 aromatic heterocycles. The molecule has 0 aliphatic carbocycles. The molecule has 27 heavy (non-hydrogen) atoms. The number of furan rings is 1. The van der Waals surface area contributed by atoms with Crippen LogP contribution >= 0.6 is 15.9 Å². The Bertz CT molecular complexity index is 1360. The van der Waals surface area contributed by atoms with Gasteiger partial charge in [0.05, 0.1) is 6.21 Å². The zero-order valence-corrected chi connectivity index (χ0v) is 18.1. The molecule has 4 rings (SSSR count). The van der Waals surface area contributed by atoms with E-state index in [-0.39, 0.29) is 40.8 Å². The molecule has 0 spiro atoms. The summed E-state index contributed by atoms with van der Waals surface area (Å²) in [7, 11) is -4.69. The Morgan fingerprint density at radius 3 is 2.78 bits per heavy atom.